The third kappa shape index (κ3) is 5.01. The van der Waals surface area contributed by atoms with Crippen LogP contribution in [0.25, 0.3) is 0 Å². The molecule has 0 fully saturated rings. The highest BCUT2D eigenvalue weighted by Crippen LogP contribution is 1.74. The molecule has 0 aromatic rings. The summed E-state index contributed by atoms with van der Waals surface area (Å²) < 4.78 is 0. The van der Waals surface area contributed by atoms with Gasteiger partial charge in [0, 0.05) is 5.70 Å². The molecule has 0 rings (SSSR count). The number of hydrogen-bond donors (Lipinski definition) is 3. The lowest BCUT2D eigenvalue weighted by Crippen LogP contribution is -2.07. The molecule has 3 heteroatoms. The zero-order valence-electron chi connectivity index (χ0n) is 4.23. The van der Waals surface area contributed by atoms with Gasteiger partial charge in [-0.15, -0.1) is 0 Å². The fourth-order valence-electron chi connectivity index (χ4n) is 0.245. The van der Waals surface area contributed by atoms with E-state index in [-0.39, 0.29) is 5.84 Å². The molecule has 0 amide bonds. The molecule has 0 atom stereocenters. The summed E-state index contributed by atoms with van der Waals surface area (Å²) in [4.78, 5) is 0. The van der Waals surface area contributed by atoms with Gasteiger partial charge in [0.25, 0.3) is 0 Å². The summed E-state index contributed by atoms with van der Waals surface area (Å²) in [5.41, 5.74) is 10.6. The van der Waals surface area contributed by atoms with Crippen LogP contribution in [0.4, 0.5) is 0 Å². The lowest BCUT2D eigenvalue weighted by Gasteiger charge is -1.85. The second-order valence-corrected chi connectivity index (χ2v) is 1.34. The summed E-state index contributed by atoms with van der Waals surface area (Å²) in [7, 11) is 0. The van der Waals surface area contributed by atoms with Crippen LogP contribution in [-0.4, -0.2) is 5.84 Å². The second-order valence-electron chi connectivity index (χ2n) is 1.34. The van der Waals surface area contributed by atoms with Crippen molar-refractivity contribution >= 4 is 5.84 Å². The largest absolute Gasteiger partial charge is 0.402 e. The SMILES string of the molecule is CC(N)=CC(=N)N. The summed E-state index contributed by atoms with van der Waals surface area (Å²) in [5, 5.41) is 6.65. The van der Waals surface area contributed by atoms with Crippen LogP contribution in [0, 0.1) is 5.41 Å². The van der Waals surface area contributed by atoms with E-state index in [0.717, 1.165) is 0 Å². The average molecular weight is 99.1 g/mol. The van der Waals surface area contributed by atoms with E-state index in [1.54, 1.807) is 6.92 Å². The van der Waals surface area contributed by atoms with E-state index < -0.39 is 0 Å². The molecule has 0 unspecified atom stereocenters. The summed E-state index contributed by atoms with van der Waals surface area (Å²) in [6, 6.07) is 0. The van der Waals surface area contributed by atoms with Crippen molar-refractivity contribution in [1.82, 2.24) is 0 Å². The molecule has 0 aromatic heterocycles. The van der Waals surface area contributed by atoms with Crippen LogP contribution < -0.4 is 11.5 Å². The molecule has 7 heavy (non-hydrogen) atoms. The van der Waals surface area contributed by atoms with E-state index in [1.165, 1.54) is 6.08 Å². The van der Waals surface area contributed by atoms with Crippen LogP contribution in [0.5, 0.6) is 0 Å². The van der Waals surface area contributed by atoms with Gasteiger partial charge in [-0.2, -0.15) is 0 Å². The number of amidine groups is 1. The van der Waals surface area contributed by atoms with Crippen molar-refractivity contribution in [2.24, 2.45) is 11.5 Å². The zero-order chi connectivity index (χ0) is 5.86. The first-order valence-corrected chi connectivity index (χ1v) is 1.90. The number of allylic oxidation sites excluding steroid dienone is 1. The Balaban J connectivity index is 3.68. The molecule has 0 heterocycles. The van der Waals surface area contributed by atoms with Crippen molar-refractivity contribution in [3.8, 4) is 0 Å². The first-order valence-electron chi connectivity index (χ1n) is 1.90. The molecule has 0 aliphatic heterocycles. The highest BCUT2D eigenvalue weighted by Gasteiger charge is 1.76. The van der Waals surface area contributed by atoms with Gasteiger partial charge in [0.2, 0.25) is 0 Å². The smallest absolute Gasteiger partial charge is 0.117 e. The third-order valence-corrected chi connectivity index (χ3v) is 0.383. The van der Waals surface area contributed by atoms with Crippen LogP contribution in [0.2, 0.25) is 0 Å². The lowest BCUT2D eigenvalue weighted by molar-refractivity contribution is 1.31. The molecular weight excluding hydrogens is 90.1 g/mol. The molecule has 0 radical (unpaired) electrons. The standard InChI is InChI=1S/C4H9N3/c1-3(5)2-4(6)7/h2H,5H2,1H3,(H3,6,7). The Hall–Kier alpha value is -0.990. The van der Waals surface area contributed by atoms with Crippen molar-refractivity contribution in [1.29, 1.82) is 5.41 Å². The lowest BCUT2D eigenvalue weighted by atomic mass is 10.4. The highest BCUT2D eigenvalue weighted by molar-refractivity contribution is 5.88. The molecule has 40 valence electrons. The Morgan fingerprint density at radius 3 is 2.00 bits per heavy atom. The summed E-state index contributed by atoms with van der Waals surface area (Å²) in [5.74, 6) is 0.000000000000000222. The molecule has 0 saturated heterocycles. The molecule has 0 spiro atoms. The first-order chi connectivity index (χ1) is 3.13. The van der Waals surface area contributed by atoms with Crippen molar-refractivity contribution in [2.75, 3.05) is 0 Å². The maximum absolute atomic E-state index is 6.65. The molecule has 0 aliphatic rings. The minimum absolute atomic E-state index is 0.000000000000000222. The van der Waals surface area contributed by atoms with Crippen LogP contribution >= 0.6 is 0 Å². The van der Waals surface area contributed by atoms with E-state index in [9.17, 15) is 0 Å². The molecule has 0 bridgehead atoms. The van der Waals surface area contributed by atoms with Gasteiger partial charge in [-0.25, -0.2) is 0 Å². The zero-order valence-corrected chi connectivity index (χ0v) is 4.23. The van der Waals surface area contributed by atoms with Gasteiger partial charge in [0.15, 0.2) is 0 Å². The molecule has 5 N–H and O–H groups in total. The Kier molecular flexibility index (Phi) is 1.91. The maximum atomic E-state index is 6.65. The fraction of sp³-hybridized carbons (Fsp3) is 0.250. The van der Waals surface area contributed by atoms with Crippen LogP contribution in [-0.2, 0) is 0 Å². The minimum Gasteiger partial charge on any atom is -0.402 e. The number of rotatable bonds is 1. The van der Waals surface area contributed by atoms with E-state index in [1.807, 2.05) is 0 Å². The Bertz CT molecular complexity index is 99.5. The van der Waals surface area contributed by atoms with Crippen LogP contribution in [0.1, 0.15) is 6.92 Å². The fourth-order valence-corrected chi connectivity index (χ4v) is 0.245. The van der Waals surface area contributed by atoms with Gasteiger partial charge in [-0.1, -0.05) is 0 Å². The second kappa shape index (κ2) is 2.23. The van der Waals surface area contributed by atoms with Crippen LogP contribution in [0.3, 0.4) is 0 Å². The number of nitrogens with one attached hydrogen (secondary N) is 1. The monoisotopic (exact) mass is 99.1 g/mol. The predicted octanol–water partition coefficient (Wildman–Crippen LogP) is -0.215. The minimum atomic E-state index is 0.000000000000000222. The van der Waals surface area contributed by atoms with Gasteiger partial charge in [0.1, 0.15) is 5.84 Å². The summed E-state index contributed by atoms with van der Waals surface area (Å²) >= 11 is 0. The van der Waals surface area contributed by atoms with E-state index in [4.69, 9.17) is 16.9 Å². The van der Waals surface area contributed by atoms with Crippen molar-refractivity contribution in [3.05, 3.63) is 11.8 Å². The van der Waals surface area contributed by atoms with Crippen molar-refractivity contribution in [3.63, 3.8) is 0 Å². The van der Waals surface area contributed by atoms with Gasteiger partial charge in [-0.3, -0.25) is 5.41 Å². The highest BCUT2D eigenvalue weighted by atomic mass is 14.7. The van der Waals surface area contributed by atoms with E-state index in [2.05, 4.69) is 0 Å². The average Bonchev–Trinajstić information content (AvgIpc) is 1.27. The third-order valence-electron chi connectivity index (χ3n) is 0.383. The van der Waals surface area contributed by atoms with Crippen LogP contribution in [0.15, 0.2) is 11.8 Å². The quantitative estimate of drug-likeness (QED) is 0.314. The maximum Gasteiger partial charge on any atom is 0.117 e. The van der Waals surface area contributed by atoms with Gasteiger partial charge in [0.05, 0.1) is 0 Å². The summed E-state index contributed by atoms with van der Waals surface area (Å²) in [6.07, 6.45) is 1.39. The topological polar surface area (TPSA) is 75.9 Å². The number of hydrogen-bond acceptors (Lipinski definition) is 2. The number of nitrogens with two attached hydrogens (primary N) is 2. The predicted molar refractivity (Wildman–Crippen MR) is 29.9 cm³/mol. The molecular formula is C4H9N3. The van der Waals surface area contributed by atoms with Crippen molar-refractivity contribution in [2.45, 2.75) is 6.92 Å². The molecule has 0 aromatic carbocycles. The molecule has 0 saturated carbocycles. The van der Waals surface area contributed by atoms with Gasteiger partial charge >= 0.3 is 0 Å². The molecule has 0 aliphatic carbocycles. The Morgan fingerprint density at radius 2 is 2.00 bits per heavy atom. The van der Waals surface area contributed by atoms with E-state index >= 15 is 0 Å². The van der Waals surface area contributed by atoms with Gasteiger partial charge < -0.3 is 11.5 Å². The van der Waals surface area contributed by atoms with Crippen molar-refractivity contribution < 1.29 is 0 Å². The summed E-state index contributed by atoms with van der Waals surface area (Å²) in [6.45, 7) is 1.68. The Labute approximate surface area is 42.5 Å². The van der Waals surface area contributed by atoms with Gasteiger partial charge in [-0.05, 0) is 13.0 Å². The Morgan fingerprint density at radius 1 is 1.57 bits per heavy atom. The normalized spacial score (nSPS) is 11.3. The molecule has 3 nitrogen and oxygen atoms in total. The first kappa shape index (κ1) is 6.01. The van der Waals surface area contributed by atoms with E-state index in [0.29, 0.717) is 5.70 Å².